The minimum atomic E-state index is -0.901. The van der Waals surface area contributed by atoms with E-state index in [1.807, 2.05) is 18.2 Å². The van der Waals surface area contributed by atoms with Gasteiger partial charge >= 0.3 is 5.97 Å². The third kappa shape index (κ3) is 5.50. The molecule has 0 amide bonds. The first-order chi connectivity index (χ1) is 15.2. The van der Waals surface area contributed by atoms with Gasteiger partial charge in [-0.3, -0.25) is 4.90 Å². The molecule has 0 radical (unpaired) electrons. The summed E-state index contributed by atoms with van der Waals surface area (Å²) < 4.78 is 0. The van der Waals surface area contributed by atoms with E-state index >= 15 is 0 Å². The van der Waals surface area contributed by atoms with E-state index in [0.29, 0.717) is 5.56 Å². The number of hydrogen-bond donors (Lipinski definition) is 2. The quantitative estimate of drug-likeness (QED) is 0.376. The molecule has 4 aromatic rings. The van der Waals surface area contributed by atoms with E-state index in [4.69, 9.17) is 5.11 Å². The molecule has 0 spiro atoms. The number of fused-ring (bicyclic) bond motifs is 1. The van der Waals surface area contributed by atoms with E-state index in [1.165, 1.54) is 22.0 Å². The Labute approximate surface area is 182 Å². The van der Waals surface area contributed by atoms with Crippen LogP contribution in [0.5, 0.6) is 0 Å². The van der Waals surface area contributed by atoms with E-state index in [1.54, 1.807) is 12.1 Å². The molecule has 31 heavy (non-hydrogen) atoms. The number of carbonyl (C=O) groups is 1. The van der Waals surface area contributed by atoms with Gasteiger partial charge in [0.15, 0.2) is 0 Å². The Bertz CT molecular complexity index is 1160. The average molecular weight is 411 g/mol. The number of carboxylic acid groups (broad SMARTS) is 1. The zero-order chi connectivity index (χ0) is 21.5. The molecule has 0 saturated carbocycles. The molecule has 0 aliphatic carbocycles. The SMILES string of the molecule is O=C(O)c1ccc(/C=C/CN(CCc2c[nH]c3ccccc23)Cc2ccccc2)cc1. The van der Waals surface area contributed by atoms with Gasteiger partial charge in [0.25, 0.3) is 0 Å². The van der Waals surface area contributed by atoms with Gasteiger partial charge in [-0.15, -0.1) is 0 Å². The Morgan fingerprint density at radius 2 is 1.68 bits per heavy atom. The van der Waals surface area contributed by atoms with Crippen LogP contribution in [0.2, 0.25) is 0 Å². The average Bonchev–Trinajstić information content (AvgIpc) is 3.21. The predicted octanol–water partition coefficient (Wildman–Crippen LogP) is 5.62. The first kappa shape index (κ1) is 20.6. The van der Waals surface area contributed by atoms with Crippen LogP contribution in [0.3, 0.4) is 0 Å². The largest absolute Gasteiger partial charge is 0.478 e. The van der Waals surface area contributed by atoms with Crippen molar-refractivity contribution in [3.05, 3.63) is 113 Å². The molecule has 0 bridgehead atoms. The summed E-state index contributed by atoms with van der Waals surface area (Å²) in [6.07, 6.45) is 7.28. The first-order valence-corrected chi connectivity index (χ1v) is 10.5. The van der Waals surface area contributed by atoms with Gasteiger partial charge in [0.1, 0.15) is 0 Å². The maximum atomic E-state index is 11.0. The monoisotopic (exact) mass is 410 g/mol. The number of aromatic carboxylic acids is 1. The summed E-state index contributed by atoms with van der Waals surface area (Å²) >= 11 is 0. The molecule has 4 rings (SSSR count). The van der Waals surface area contributed by atoms with Crippen LogP contribution in [-0.2, 0) is 13.0 Å². The van der Waals surface area contributed by atoms with Gasteiger partial charge in [-0.2, -0.15) is 0 Å². The van der Waals surface area contributed by atoms with Crippen LogP contribution in [0, 0.1) is 0 Å². The van der Waals surface area contributed by atoms with Gasteiger partial charge in [0.2, 0.25) is 0 Å². The molecule has 0 aliphatic rings. The van der Waals surface area contributed by atoms with Crippen molar-refractivity contribution in [2.24, 2.45) is 0 Å². The lowest BCUT2D eigenvalue weighted by molar-refractivity contribution is 0.0697. The highest BCUT2D eigenvalue weighted by molar-refractivity contribution is 5.87. The fraction of sp³-hybridized carbons (Fsp3) is 0.148. The van der Waals surface area contributed by atoms with Crippen LogP contribution >= 0.6 is 0 Å². The maximum absolute atomic E-state index is 11.0. The molecule has 0 saturated heterocycles. The molecular formula is C27H26N2O2. The fourth-order valence-electron chi connectivity index (χ4n) is 3.77. The molecule has 4 nitrogen and oxygen atoms in total. The van der Waals surface area contributed by atoms with E-state index in [-0.39, 0.29) is 0 Å². The maximum Gasteiger partial charge on any atom is 0.335 e. The second-order valence-corrected chi connectivity index (χ2v) is 7.66. The van der Waals surface area contributed by atoms with E-state index < -0.39 is 5.97 Å². The van der Waals surface area contributed by atoms with E-state index in [9.17, 15) is 4.79 Å². The van der Waals surface area contributed by atoms with Crippen molar-refractivity contribution in [2.75, 3.05) is 13.1 Å². The lowest BCUT2D eigenvalue weighted by Crippen LogP contribution is -2.25. The predicted molar refractivity (Wildman–Crippen MR) is 126 cm³/mol. The Morgan fingerprint density at radius 3 is 2.45 bits per heavy atom. The molecule has 0 atom stereocenters. The fourth-order valence-corrected chi connectivity index (χ4v) is 3.77. The molecule has 1 aromatic heterocycles. The van der Waals surface area contributed by atoms with E-state index in [0.717, 1.165) is 31.6 Å². The number of para-hydroxylation sites is 1. The summed E-state index contributed by atoms with van der Waals surface area (Å²) in [6.45, 7) is 2.64. The summed E-state index contributed by atoms with van der Waals surface area (Å²) in [4.78, 5) is 16.8. The molecule has 156 valence electrons. The number of carboxylic acids is 1. The summed E-state index contributed by atoms with van der Waals surface area (Å²) in [5, 5.41) is 10.3. The molecule has 1 heterocycles. The van der Waals surface area contributed by atoms with E-state index in [2.05, 4.69) is 76.8 Å². The standard InChI is InChI=1S/C27H26N2O2/c30-27(31)23-14-12-21(13-15-23)9-6-17-29(20-22-7-2-1-3-8-22)18-16-24-19-28-26-11-5-4-10-25(24)26/h1-15,19,28H,16-18,20H2,(H,30,31)/b9-6+. The highest BCUT2D eigenvalue weighted by Gasteiger charge is 2.08. The number of aromatic nitrogens is 1. The van der Waals surface area contributed by atoms with Crippen molar-refractivity contribution in [3.63, 3.8) is 0 Å². The molecule has 0 unspecified atom stereocenters. The summed E-state index contributed by atoms with van der Waals surface area (Å²) in [5.41, 5.74) is 5.11. The van der Waals surface area contributed by atoms with Crippen LogP contribution < -0.4 is 0 Å². The van der Waals surface area contributed by atoms with Crippen LogP contribution in [0.15, 0.2) is 91.1 Å². The van der Waals surface area contributed by atoms with Crippen molar-refractivity contribution in [1.29, 1.82) is 0 Å². The van der Waals surface area contributed by atoms with Gasteiger partial charge in [0.05, 0.1) is 5.56 Å². The molecule has 2 N–H and O–H groups in total. The van der Waals surface area contributed by atoms with Gasteiger partial charge in [-0.1, -0.05) is 72.8 Å². The molecule has 0 fully saturated rings. The minimum absolute atomic E-state index is 0.307. The lowest BCUT2D eigenvalue weighted by atomic mass is 10.1. The van der Waals surface area contributed by atoms with Crippen LogP contribution in [0.25, 0.3) is 17.0 Å². The number of benzene rings is 3. The van der Waals surface area contributed by atoms with Crippen molar-refractivity contribution >= 4 is 22.9 Å². The zero-order valence-corrected chi connectivity index (χ0v) is 17.4. The number of hydrogen-bond acceptors (Lipinski definition) is 2. The number of nitrogens with one attached hydrogen (secondary N) is 1. The number of rotatable bonds is 9. The normalized spacial score (nSPS) is 11.5. The molecule has 3 aromatic carbocycles. The number of H-pyrrole nitrogens is 1. The van der Waals surface area contributed by atoms with Crippen LogP contribution in [0.4, 0.5) is 0 Å². The highest BCUT2D eigenvalue weighted by atomic mass is 16.4. The Kier molecular flexibility index (Phi) is 6.60. The van der Waals surface area contributed by atoms with Crippen molar-refractivity contribution < 1.29 is 9.90 Å². The Balaban J connectivity index is 1.44. The number of aromatic amines is 1. The Morgan fingerprint density at radius 1 is 0.935 bits per heavy atom. The molecule has 0 aliphatic heterocycles. The second kappa shape index (κ2) is 9.92. The van der Waals surface area contributed by atoms with Crippen LogP contribution in [-0.4, -0.2) is 34.0 Å². The second-order valence-electron chi connectivity index (χ2n) is 7.66. The first-order valence-electron chi connectivity index (χ1n) is 10.5. The van der Waals surface area contributed by atoms with Gasteiger partial charge in [-0.25, -0.2) is 4.79 Å². The zero-order valence-electron chi connectivity index (χ0n) is 17.4. The van der Waals surface area contributed by atoms with Crippen molar-refractivity contribution in [1.82, 2.24) is 9.88 Å². The summed E-state index contributed by atoms with van der Waals surface area (Å²) in [5.74, 6) is -0.901. The van der Waals surface area contributed by atoms with Gasteiger partial charge in [0, 0.05) is 36.7 Å². The molecular weight excluding hydrogens is 384 g/mol. The summed E-state index contributed by atoms with van der Waals surface area (Å²) in [7, 11) is 0. The minimum Gasteiger partial charge on any atom is -0.478 e. The number of nitrogens with zero attached hydrogens (tertiary/aromatic N) is 1. The third-order valence-electron chi connectivity index (χ3n) is 5.45. The van der Waals surface area contributed by atoms with Crippen LogP contribution in [0.1, 0.15) is 27.0 Å². The highest BCUT2D eigenvalue weighted by Crippen LogP contribution is 2.19. The molecule has 4 heteroatoms. The van der Waals surface area contributed by atoms with Gasteiger partial charge in [-0.05, 0) is 41.3 Å². The van der Waals surface area contributed by atoms with Crippen molar-refractivity contribution in [3.8, 4) is 0 Å². The summed E-state index contributed by atoms with van der Waals surface area (Å²) in [6, 6.07) is 25.9. The van der Waals surface area contributed by atoms with Gasteiger partial charge < -0.3 is 10.1 Å². The van der Waals surface area contributed by atoms with Crippen molar-refractivity contribution in [2.45, 2.75) is 13.0 Å². The lowest BCUT2D eigenvalue weighted by Gasteiger charge is -2.21. The smallest absolute Gasteiger partial charge is 0.335 e. The third-order valence-corrected chi connectivity index (χ3v) is 5.45. The Hall–Kier alpha value is -3.63. The topological polar surface area (TPSA) is 56.3 Å².